The molecule has 1 N–H and O–H groups in total. The summed E-state index contributed by atoms with van der Waals surface area (Å²) in [7, 11) is 0. The molecule has 0 heterocycles. The molecular formula is C15H22N2O2. The van der Waals surface area contributed by atoms with Crippen LogP contribution in [-0.4, -0.2) is 29.8 Å². The molecule has 19 heavy (non-hydrogen) atoms. The molecule has 1 rings (SSSR count). The largest absolute Gasteiger partial charge is 0.334 e. The van der Waals surface area contributed by atoms with Crippen LogP contribution in [0.5, 0.6) is 0 Å². The Labute approximate surface area is 114 Å². The lowest BCUT2D eigenvalue weighted by Crippen LogP contribution is -2.37. The standard InChI is InChI=1S/C15H22N2O2/c1-5-8-17(13(4)18)10-15(19)16-14-7-6-11(2)9-12(14)3/h6-7,9H,5,8,10H2,1-4H3,(H,16,19). The normalized spacial score (nSPS) is 10.1. The first kappa shape index (κ1) is 15.2. The van der Waals surface area contributed by atoms with Crippen molar-refractivity contribution in [2.24, 2.45) is 0 Å². The fraction of sp³-hybridized carbons (Fsp3) is 0.467. The second-order valence-electron chi connectivity index (χ2n) is 4.81. The lowest BCUT2D eigenvalue weighted by Gasteiger charge is -2.20. The summed E-state index contributed by atoms with van der Waals surface area (Å²) in [5.41, 5.74) is 2.99. The lowest BCUT2D eigenvalue weighted by atomic mass is 10.1. The molecule has 0 aliphatic carbocycles. The van der Waals surface area contributed by atoms with Crippen molar-refractivity contribution in [3.63, 3.8) is 0 Å². The summed E-state index contributed by atoms with van der Waals surface area (Å²) in [5, 5.41) is 2.85. The van der Waals surface area contributed by atoms with Gasteiger partial charge in [-0.3, -0.25) is 9.59 Å². The SMILES string of the molecule is CCCN(CC(=O)Nc1ccc(C)cc1C)C(C)=O. The highest BCUT2D eigenvalue weighted by Gasteiger charge is 2.13. The first-order valence-corrected chi connectivity index (χ1v) is 6.56. The van der Waals surface area contributed by atoms with E-state index in [1.165, 1.54) is 6.92 Å². The van der Waals surface area contributed by atoms with Gasteiger partial charge in [0.1, 0.15) is 0 Å². The lowest BCUT2D eigenvalue weighted by molar-refractivity contribution is -0.132. The number of nitrogens with zero attached hydrogens (tertiary/aromatic N) is 1. The molecule has 0 saturated carbocycles. The number of carbonyl (C=O) groups excluding carboxylic acids is 2. The van der Waals surface area contributed by atoms with Crippen LogP contribution in [0.15, 0.2) is 18.2 Å². The minimum Gasteiger partial charge on any atom is -0.334 e. The number of hydrogen-bond donors (Lipinski definition) is 1. The number of rotatable bonds is 5. The van der Waals surface area contributed by atoms with Crippen molar-refractivity contribution >= 4 is 17.5 Å². The van der Waals surface area contributed by atoms with E-state index < -0.39 is 0 Å². The Morgan fingerprint density at radius 2 is 1.95 bits per heavy atom. The average Bonchev–Trinajstić information content (AvgIpc) is 2.32. The number of benzene rings is 1. The van der Waals surface area contributed by atoms with Gasteiger partial charge in [-0.25, -0.2) is 0 Å². The van der Waals surface area contributed by atoms with Crippen molar-refractivity contribution in [3.05, 3.63) is 29.3 Å². The molecule has 104 valence electrons. The average molecular weight is 262 g/mol. The van der Waals surface area contributed by atoms with Crippen LogP contribution in [-0.2, 0) is 9.59 Å². The van der Waals surface area contributed by atoms with Crippen LogP contribution >= 0.6 is 0 Å². The third kappa shape index (κ3) is 4.73. The Morgan fingerprint density at radius 3 is 2.47 bits per heavy atom. The Morgan fingerprint density at radius 1 is 1.26 bits per heavy atom. The van der Waals surface area contributed by atoms with Gasteiger partial charge in [0.25, 0.3) is 0 Å². The van der Waals surface area contributed by atoms with E-state index in [1.54, 1.807) is 4.90 Å². The van der Waals surface area contributed by atoms with Gasteiger partial charge in [0, 0.05) is 19.2 Å². The van der Waals surface area contributed by atoms with Crippen LogP contribution in [0, 0.1) is 13.8 Å². The molecule has 0 atom stereocenters. The summed E-state index contributed by atoms with van der Waals surface area (Å²) in [5.74, 6) is -0.228. The highest BCUT2D eigenvalue weighted by atomic mass is 16.2. The van der Waals surface area contributed by atoms with Crippen molar-refractivity contribution in [2.75, 3.05) is 18.4 Å². The highest BCUT2D eigenvalue weighted by molar-refractivity contribution is 5.94. The predicted octanol–water partition coefficient (Wildman–Crippen LogP) is 2.50. The molecule has 4 nitrogen and oxygen atoms in total. The third-order valence-electron chi connectivity index (χ3n) is 2.93. The number of nitrogens with one attached hydrogen (secondary N) is 1. The first-order chi connectivity index (χ1) is 8.93. The zero-order valence-electron chi connectivity index (χ0n) is 12.1. The summed E-state index contributed by atoms with van der Waals surface area (Å²) < 4.78 is 0. The van der Waals surface area contributed by atoms with Gasteiger partial charge in [-0.1, -0.05) is 24.6 Å². The van der Waals surface area contributed by atoms with E-state index in [2.05, 4.69) is 5.32 Å². The van der Waals surface area contributed by atoms with Crippen molar-refractivity contribution in [2.45, 2.75) is 34.1 Å². The summed E-state index contributed by atoms with van der Waals surface area (Å²) >= 11 is 0. The molecule has 2 amide bonds. The van der Waals surface area contributed by atoms with Crippen molar-refractivity contribution < 1.29 is 9.59 Å². The molecule has 1 aromatic rings. The van der Waals surface area contributed by atoms with Gasteiger partial charge in [-0.15, -0.1) is 0 Å². The summed E-state index contributed by atoms with van der Waals surface area (Å²) in [6.07, 6.45) is 0.844. The fourth-order valence-electron chi connectivity index (χ4n) is 1.93. The number of carbonyl (C=O) groups is 2. The van der Waals surface area contributed by atoms with E-state index in [0.29, 0.717) is 6.54 Å². The van der Waals surface area contributed by atoms with Crippen molar-refractivity contribution in [3.8, 4) is 0 Å². The van der Waals surface area contributed by atoms with E-state index >= 15 is 0 Å². The highest BCUT2D eigenvalue weighted by Crippen LogP contribution is 2.15. The second-order valence-corrected chi connectivity index (χ2v) is 4.81. The molecule has 1 aromatic carbocycles. The van der Waals surface area contributed by atoms with Crippen LogP contribution in [0.1, 0.15) is 31.4 Å². The van der Waals surface area contributed by atoms with Gasteiger partial charge in [-0.05, 0) is 31.9 Å². The minimum atomic E-state index is -0.157. The van der Waals surface area contributed by atoms with Crippen LogP contribution in [0.3, 0.4) is 0 Å². The summed E-state index contributed by atoms with van der Waals surface area (Å²) in [6, 6.07) is 5.86. The molecule has 0 aliphatic heterocycles. The molecule has 0 bridgehead atoms. The van der Waals surface area contributed by atoms with Gasteiger partial charge < -0.3 is 10.2 Å². The molecule has 4 heteroatoms. The van der Waals surface area contributed by atoms with Gasteiger partial charge in [0.15, 0.2) is 0 Å². The molecule has 0 fully saturated rings. The molecule has 0 radical (unpaired) electrons. The van der Waals surface area contributed by atoms with Crippen molar-refractivity contribution in [1.82, 2.24) is 4.90 Å². The summed E-state index contributed by atoms with van der Waals surface area (Å²) in [6.45, 7) is 8.15. The van der Waals surface area contributed by atoms with Crippen LogP contribution in [0.25, 0.3) is 0 Å². The first-order valence-electron chi connectivity index (χ1n) is 6.56. The molecule has 0 aromatic heterocycles. The van der Waals surface area contributed by atoms with Crippen LogP contribution in [0.2, 0.25) is 0 Å². The second kappa shape index (κ2) is 6.92. The molecule has 0 spiro atoms. The fourth-order valence-corrected chi connectivity index (χ4v) is 1.93. The van der Waals surface area contributed by atoms with Crippen LogP contribution in [0.4, 0.5) is 5.69 Å². The van der Waals surface area contributed by atoms with Gasteiger partial charge in [0.05, 0.1) is 6.54 Å². The quantitative estimate of drug-likeness (QED) is 0.886. The maximum absolute atomic E-state index is 11.9. The number of hydrogen-bond acceptors (Lipinski definition) is 2. The van der Waals surface area contributed by atoms with Gasteiger partial charge in [0.2, 0.25) is 11.8 Å². The van der Waals surface area contributed by atoms with E-state index in [4.69, 9.17) is 0 Å². The van der Waals surface area contributed by atoms with E-state index in [0.717, 1.165) is 23.2 Å². The molecule has 0 unspecified atom stereocenters. The van der Waals surface area contributed by atoms with Crippen LogP contribution < -0.4 is 5.32 Å². The number of aryl methyl sites for hydroxylation is 2. The Kier molecular flexibility index (Phi) is 5.55. The monoisotopic (exact) mass is 262 g/mol. The van der Waals surface area contributed by atoms with E-state index in [1.807, 2.05) is 39.0 Å². The van der Waals surface area contributed by atoms with Crippen molar-refractivity contribution in [1.29, 1.82) is 0 Å². The number of amides is 2. The zero-order chi connectivity index (χ0) is 14.4. The third-order valence-corrected chi connectivity index (χ3v) is 2.93. The molecule has 0 saturated heterocycles. The summed E-state index contributed by atoms with van der Waals surface area (Å²) in [4.78, 5) is 24.9. The zero-order valence-corrected chi connectivity index (χ0v) is 12.1. The maximum atomic E-state index is 11.9. The van der Waals surface area contributed by atoms with E-state index in [9.17, 15) is 9.59 Å². The minimum absolute atomic E-state index is 0.0716. The topological polar surface area (TPSA) is 49.4 Å². The molecule has 0 aliphatic rings. The smallest absolute Gasteiger partial charge is 0.244 e. The Balaban J connectivity index is 2.66. The predicted molar refractivity (Wildman–Crippen MR) is 77.1 cm³/mol. The van der Waals surface area contributed by atoms with Gasteiger partial charge >= 0.3 is 0 Å². The van der Waals surface area contributed by atoms with E-state index in [-0.39, 0.29) is 18.4 Å². The number of anilines is 1. The maximum Gasteiger partial charge on any atom is 0.244 e. The Hall–Kier alpha value is -1.84. The molecular weight excluding hydrogens is 240 g/mol. The Bertz CT molecular complexity index is 469. The van der Waals surface area contributed by atoms with Gasteiger partial charge in [-0.2, -0.15) is 0 Å².